The van der Waals surface area contributed by atoms with E-state index in [1.165, 1.54) is 0 Å². The molecule has 1 aromatic carbocycles. The van der Waals surface area contributed by atoms with E-state index in [0.29, 0.717) is 0 Å². The molecule has 0 spiro atoms. The van der Waals surface area contributed by atoms with Crippen LogP contribution in [0.15, 0.2) is 24.3 Å². The van der Waals surface area contributed by atoms with Crippen LogP contribution in [-0.4, -0.2) is 8.42 Å². The molecule has 0 aromatic heterocycles. The maximum atomic E-state index is 11.2. The first-order valence-electron chi connectivity index (χ1n) is 5.46. The molecule has 0 aliphatic rings. The summed E-state index contributed by atoms with van der Waals surface area (Å²) < 4.78 is 24.9. The van der Waals surface area contributed by atoms with Crippen LogP contribution < -0.4 is 9.86 Å². The van der Waals surface area contributed by atoms with Gasteiger partial charge in [0.2, 0.25) is 0 Å². The second-order valence-electron chi connectivity index (χ2n) is 5.38. The second-order valence-corrected chi connectivity index (χ2v) is 6.70. The second kappa shape index (κ2) is 4.76. The molecule has 0 saturated heterocycles. The third kappa shape index (κ3) is 4.46. The van der Waals surface area contributed by atoms with Crippen LogP contribution in [0.4, 0.5) is 0 Å². The number of nitrogens with two attached hydrogens (primary N) is 1. The molecule has 0 amide bonds. The van der Waals surface area contributed by atoms with Gasteiger partial charge in [-0.1, -0.05) is 50.6 Å². The molecular weight excluding hydrogens is 236 g/mol. The summed E-state index contributed by atoms with van der Waals surface area (Å²) in [6.45, 7) is 7.88. The number of aryl methyl sites for hydroxylation is 1. The van der Waals surface area contributed by atoms with Crippen LogP contribution in [0.3, 0.4) is 0 Å². The van der Waals surface area contributed by atoms with E-state index in [-0.39, 0.29) is 11.5 Å². The Bertz CT molecular complexity index is 489. The molecule has 17 heavy (non-hydrogen) atoms. The Labute approximate surface area is 103 Å². The molecule has 0 saturated carbocycles. The van der Waals surface area contributed by atoms with E-state index < -0.39 is 10.2 Å². The molecule has 0 fully saturated rings. The van der Waals surface area contributed by atoms with Crippen LogP contribution in [0.1, 0.15) is 37.9 Å². The van der Waals surface area contributed by atoms with E-state index in [0.717, 1.165) is 11.1 Å². The summed E-state index contributed by atoms with van der Waals surface area (Å²) in [5.74, 6) is 0. The van der Waals surface area contributed by atoms with Gasteiger partial charge in [-0.15, -0.1) is 0 Å². The fourth-order valence-electron chi connectivity index (χ4n) is 1.76. The maximum Gasteiger partial charge on any atom is 0.274 e. The number of nitrogens with one attached hydrogen (secondary N) is 1. The molecule has 1 rings (SSSR count). The van der Waals surface area contributed by atoms with Gasteiger partial charge < -0.3 is 0 Å². The number of rotatable bonds is 3. The summed E-state index contributed by atoms with van der Waals surface area (Å²) in [5, 5.41) is 5.07. The van der Waals surface area contributed by atoms with E-state index in [9.17, 15) is 8.42 Å². The summed E-state index contributed by atoms with van der Waals surface area (Å²) in [7, 11) is -3.72. The van der Waals surface area contributed by atoms with Gasteiger partial charge in [0.15, 0.2) is 0 Å². The van der Waals surface area contributed by atoms with Crippen molar-refractivity contribution in [3.8, 4) is 0 Å². The van der Waals surface area contributed by atoms with Gasteiger partial charge in [-0.25, -0.2) is 5.14 Å². The Morgan fingerprint density at radius 3 is 2.29 bits per heavy atom. The molecule has 96 valence electrons. The van der Waals surface area contributed by atoms with Gasteiger partial charge in [-0.2, -0.15) is 13.1 Å². The van der Waals surface area contributed by atoms with Crippen molar-refractivity contribution in [1.82, 2.24) is 4.72 Å². The average molecular weight is 256 g/mol. The summed E-state index contributed by atoms with van der Waals surface area (Å²) in [6, 6.07) is 7.42. The molecule has 5 heteroatoms. The molecule has 3 N–H and O–H groups in total. The van der Waals surface area contributed by atoms with Crippen molar-refractivity contribution >= 4 is 10.2 Å². The van der Waals surface area contributed by atoms with Crippen molar-refractivity contribution in [3.63, 3.8) is 0 Å². The van der Waals surface area contributed by atoms with Crippen molar-refractivity contribution in [2.24, 2.45) is 10.6 Å². The molecule has 0 heterocycles. The zero-order valence-corrected chi connectivity index (χ0v) is 11.5. The third-order valence-corrected chi connectivity index (χ3v) is 3.09. The highest BCUT2D eigenvalue weighted by molar-refractivity contribution is 7.87. The fraction of sp³-hybridized carbons (Fsp3) is 0.500. The molecule has 0 aliphatic carbocycles. The quantitative estimate of drug-likeness (QED) is 0.866. The van der Waals surface area contributed by atoms with Crippen LogP contribution in [0.5, 0.6) is 0 Å². The molecule has 0 radical (unpaired) electrons. The van der Waals surface area contributed by atoms with Gasteiger partial charge in [-0.05, 0) is 17.9 Å². The van der Waals surface area contributed by atoms with Gasteiger partial charge in [0.1, 0.15) is 0 Å². The Morgan fingerprint density at radius 1 is 1.29 bits per heavy atom. The summed E-state index contributed by atoms with van der Waals surface area (Å²) >= 11 is 0. The Balaban J connectivity index is 3.16. The van der Waals surface area contributed by atoms with Crippen LogP contribution in [0, 0.1) is 12.3 Å². The minimum Gasteiger partial charge on any atom is -0.216 e. The lowest BCUT2D eigenvalue weighted by molar-refractivity contribution is 0.304. The fourth-order valence-corrected chi connectivity index (χ4v) is 2.58. The highest BCUT2D eigenvalue weighted by atomic mass is 32.2. The molecule has 4 nitrogen and oxygen atoms in total. The van der Waals surface area contributed by atoms with Gasteiger partial charge in [0.25, 0.3) is 10.2 Å². The van der Waals surface area contributed by atoms with Crippen molar-refractivity contribution in [3.05, 3.63) is 35.4 Å². The van der Waals surface area contributed by atoms with Crippen LogP contribution in [-0.2, 0) is 10.2 Å². The smallest absolute Gasteiger partial charge is 0.216 e. The summed E-state index contributed by atoms with van der Waals surface area (Å²) in [5.41, 5.74) is 1.76. The minimum atomic E-state index is -3.72. The van der Waals surface area contributed by atoms with Gasteiger partial charge >= 0.3 is 0 Å². The Hall–Kier alpha value is -0.910. The number of benzene rings is 1. The van der Waals surface area contributed by atoms with Crippen LogP contribution >= 0.6 is 0 Å². The van der Waals surface area contributed by atoms with Crippen molar-refractivity contribution in [1.29, 1.82) is 0 Å². The summed E-state index contributed by atoms with van der Waals surface area (Å²) in [6.07, 6.45) is 0. The SMILES string of the molecule is Cc1cccc([C@@H](NS(N)(=O)=O)C(C)(C)C)c1. The van der Waals surface area contributed by atoms with E-state index in [1.54, 1.807) is 0 Å². The van der Waals surface area contributed by atoms with Gasteiger partial charge in [0.05, 0.1) is 6.04 Å². The van der Waals surface area contributed by atoms with E-state index >= 15 is 0 Å². The first kappa shape index (κ1) is 14.2. The number of hydrogen-bond acceptors (Lipinski definition) is 2. The van der Waals surface area contributed by atoms with Crippen LogP contribution in [0.25, 0.3) is 0 Å². The lowest BCUT2D eigenvalue weighted by atomic mass is 9.83. The molecule has 1 atom stereocenters. The molecule has 0 bridgehead atoms. The lowest BCUT2D eigenvalue weighted by Crippen LogP contribution is -2.40. The molecule has 0 unspecified atom stereocenters. The predicted molar refractivity (Wildman–Crippen MR) is 69.6 cm³/mol. The van der Waals surface area contributed by atoms with Crippen LogP contribution in [0.2, 0.25) is 0 Å². The van der Waals surface area contributed by atoms with E-state index in [2.05, 4.69) is 4.72 Å². The first-order valence-corrected chi connectivity index (χ1v) is 7.01. The Morgan fingerprint density at radius 2 is 1.88 bits per heavy atom. The zero-order chi connectivity index (χ0) is 13.3. The van der Waals surface area contributed by atoms with E-state index in [1.807, 2.05) is 52.0 Å². The lowest BCUT2D eigenvalue weighted by Gasteiger charge is -2.31. The van der Waals surface area contributed by atoms with Crippen molar-refractivity contribution in [2.45, 2.75) is 33.7 Å². The van der Waals surface area contributed by atoms with Gasteiger partial charge in [0, 0.05) is 0 Å². The summed E-state index contributed by atoms with van der Waals surface area (Å²) in [4.78, 5) is 0. The largest absolute Gasteiger partial charge is 0.274 e. The predicted octanol–water partition coefficient (Wildman–Crippen LogP) is 1.88. The topological polar surface area (TPSA) is 72.2 Å². The highest BCUT2D eigenvalue weighted by Crippen LogP contribution is 2.33. The highest BCUT2D eigenvalue weighted by Gasteiger charge is 2.29. The van der Waals surface area contributed by atoms with Crippen molar-refractivity contribution < 1.29 is 8.42 Å². The third-order valence-electron chi connectivity index (χ3n) is 2.52. The molecule has 0 aliphatic heterocycles. The minimum absolute atomic E-state index is 0.250. The first-order chi connectivity index (χ1) is 7.59. The molecule has 1 aromatic rings. The number of hydrogen-bond donors (Lipinski definition) is 2. The maximum absolute atomic E-state index is 11.2. The van der Waals surface area contributed by atoms with E-state index in [4.69, 9.17) is 5.14 Å². The average Bonchev–Trinajstić information content (AvgIpc) is 2.11. The zero-order valence-electron chi connectivity index (χ0n) is 10.7. The normalized spacial score (nSPS) is 14.6. The monoisotopic (exact) mass is 256 g/mol. The Kier molecular flexibility index (Phi) is 3.96. The standard InChI is InChI=1S/C12H20N2O2S/c1-9-6-5-7-10(8-9)11(12(2,3)4)14-17(13,15)16/h5-8,11,14H,1-4H3,(H2,13,15,16)/t11-/m1/s1. The van der Waals surface area contributed by atoms with Gasteiger partial charge in [-0.3, -0.25) is 0 Å². The molecular formula is C12H20N2O2S. The van der Waals surface area contributed by atoms with Crippen molar-refractivity contribution in [2.75, 3.05) is 0 Å².